The van der Waals surface area contributed by atoms with Crippen LogP contribution in [0.15, 0.2) is 108 Å². The van der Waals surface area contributed by atoms with E-state index in [4.69, 9.17) is 16.6 Å². The van der Waals surface area contributed by atoms with Crippen molar-refractivity contribution in [1.29, 1.82) is 0 Å². The molecule has 0 bridgehead atoms. The zero-order valence-corrected chi connectivity index (χ0v) is 20.8. The Morgan fingerprint density at radius 1 is 1.00 bits per heavy atom. The van der Waals surface area contributed by atoms with Gasteiger partial charge in [-0.15, -0.1) is 16.8 Å². The molecule has 8 heteroatoms. The van der Waals surface area contributed by atoms with Crippen LogP contribution in [0.25, 0.3) is 33.5 Å². The molecule has 0 saturated heterocycles. The molecule has 0 aliphatic carbocycles. The first kappa shape index (κ1) is 23.8. The second-order valence-corrected chi connectivity index (χ2v) is 9.36. The lowest BCUT2D eigenvalue weighted by Crippen LogP contribution is -2.07. The standard InChI is InChI=1S/C28H22ClN5OS/c1-2-16-34-27(31-32-28(34)36-18-26(33-35)19-8-4-3-5-9-19)23-17-25(20-12-14-21(29)15-13-20)30-24-11-7-6-10-22(23)24/h2-15,17,35H,1,16,18H2/b33-26+. The molecule has 178 valence electrons. The van der Waals surface area contributed by atoms with Gasteiger partial charge in [-0.25, -0.2) is 4.98 Å². The highest BCUT2D eigenvalue weighted by atomic mass is 35.5. The lowest BCUT2D eigenvalue weighted by Gasteiger charge is -2.12. The average molecular weight is 512 g/mol. The van der Waals surface area contributed by atoms with Crippen molar-refractivity contribution < 1.29 is 5.21 Å². The van der Waals surface area contributed by atoms with E-state index >= 15 is 0 Å². The maximum Gasteiger partial charge on any atom is 0.192 e. The molecule has 3 aromatic carbocycles. The number of para-hydroxylation sites is 1. The number of benzene rings is 3. The van der Waals surface area contributed by atoms with Gasteiger partial charge >= 0.3 is 0 Å². The maximum atomic E-state index is 9.59. The number of aromatic nitrogens is 4. The zero-order valence-electron chi connectivity index (χ0n) is 19.3. The van der Waals surface area contributed by atoms with Crippen molar-refractivity contribution in [3.63, 3.8) is 0 Å². The Hall–Kier alpha value is -3.94. The van der Waals surface area contributed by atoms with Gasteiger partial charge in [0.15, 0.2) is 11.0 Å². The van der Waals surface area contributed by atoms with Crippen LogP contribution in [-0.4, -0.2) is 36.4 Å². The number of oxime groups is 1. The molecule has 0 amide bonds. The number of allylic oxidation sites excluding steroid dienone is 1. The summed E-state index contributed by atoms with van der Waals surface area (Å²) >= 11 is 7.56. The lowest BCUT2D eigenvalue weighted by molar-refractivity contribution is 0.319. The van der Waals surface area contributed by atoms with Crippen molar-refractivity contribution in [2.24, 2.45) is 5.16 Å². The Morgan fingerprint density at radius 2 is 1.75 bits per heavy atom. The Kier molecular flexibility index (Phi) is 7.11. The third-order valence-electron chi connectivity index (χ3n) is 5.69. The van der Waals surface area contributed by atoms with Gasteiger partial charge in [0, 0.05) is 39.4 Å². The maximum absolute atomic E-state index is 9.59. The summed E-state index contributed by atoms with van der Waals surface area (Å²) < 4.78 is 2.02. The number of thioether (sulfide) groups is 1. The molecule has 0 fully saturated rings. The fourth-order valence-electron chi connectivity index (χ4n) is 3.95. The van der Waals surface area contributed by atoms with Crippen molar-refractivity contribution in [1.82, 2.24) is 19.7 Å². The van der Waals surface area contributed by atoms with Crippen LogP contribution in [0.3, 0.4) is 0 Å². The highest BCUT2D eigenvalue weighted by Gasteiger charge is 2.19. The molecule has 1 N–H and O–H groups in total. The molecule has 0 aliphatic rings. The van der Waals surface area contributed by atoms with E-state index in [9.17, 15) is 5.21 Å². The van der Waals surface area contributed by atoms with Gasteiger partial charge in [0.05, 0.1) is 16.9 Å². The van der Waals surface area contributed by atoms with E-state index in [2.05, 4.69) is 21.9 Å². The van der Waals surface area contributed by atoms with Crippen LogP contribution in [0.4, 0.5) is 0 Å². The summed E-state index contributed by atoms with van der Waals surface area (Å²) in [7, 11) is 0. The molecule has 0 saturated carbocycles. The summed E-state index contributed by atoms with van der Waals surface area (Å²) in [5.74, 6) is 1.15. The number of rotatable bonds is 8. The van der Waals surface area contributed by atoms with Crippen LogP contribution in [0, 0.1) is 0 Å². The van der Waals surface area contributed by atoms with Crippen molar-refractivity contribution in [2.45, 2.75) is 11.7 Å². The summed E-state index contributed by atoms with van der Waals surface area (Å²) in [6.07, 6.45) is 1.82. The first-order chi connectivity index (χ1) is 17.7. The molecule has 0 atom stereocenters. The minimum Gasteiger partial charge on any atom is -0.411 e. The Bertz CT molecular complexity index is 1550. The zero-order chi connectivity index (χ0) is 24.9. The first-order valence-corrected chi connectivity index (χ1v) is 12.6. The summed E-state index contributed by atoms with van der Waals surface area (Å²) in [5, 5.41) is 24.5. The molecule has 2 aromatic heterocycles. The fourth-order valence-corrected chi connectivity index (χ4v) is 4.98. The number of fused-ring (bicyclic) bond motifs is 1. The predicted octanol–water partition coefficient (Wildman–Crippen LogP) is 6.97. The van der Waals surface area contributed by atoms with E-state index in [1.165, 1.54) is 11.8 Å². The average Bonchev–Trinajstić information content (AvgIpc) is 3.32. The number of halogens is 1. The number of pyridine rings is 1. The number of nitrogens with zero attached hydrogens (tertiary/aromatic N) is 5. The summed E-state index contributed by atoms with van der Waals surface area (Å²) in [5.41, 5.74) is 4.99. The van der Waals surface area contributed by atoms with Crippen LogP contribution in [0.1, 0.15) is 5.56 Å². The smallest absolute Gasteiger partial charge is 0.192 e. The normalized spacial score (nSPS) is 11.6. The molecule has 6 nitrogen and oxygen atoms in total. The van der Waals surface area contributed by atoms with Crippen molar-refractivity contribution in [3.05, 3.63) is 108 Å². The highest BCUT2D eigenvalue weighted by molar-refractivity contribution is 7.99. The first-order valence-electron chi connectivity index (χ1n) is 11.3. The van der Waals surface area contributed by atoms with E-state index in [1.807, 2.05) is 95.6 Å². The number of hydrogen-bond acceptors (Lipinski definition) is 6. The van der Waals surface area contributed by atoms with Crippen LogP contribution in [-0.2, 0) is 6.54 Å². The topological polar surface area (TPSA) is 76.2 Å². The van der Waals surface area contributed by atoms with Gasteiger partial charge in [-0.05, 0) is 24.3 Å². The number of hydrogen-bond donors (Lipinski definition) is 1. The highest BCUT2D eigenvalue weighted by Crippen LogP contribution is 2.33. The second-order valence-electron chi connectivity index (χ2n) is 7.99. The Labute approximate surface area is 218 Å². The van der Waals surface area contributed by atoms with E-state index in [0.29, 0.717) is 34.0 Å². The molecule has 0 aliphatic heterocycles. The van der Waals surface area contributed by atoms with E-state index in [1.54, 1.807) is 0 Å². The predicted molar refractivity (Wildman–Crippen MR) is 147 cm³/mol. The SMILES string of the molecule is C=CCn1c(SC/C(=N\O)c2ccccc2)nnc1-c1cc(-c2ccc(Cl)cc2)nc2ccccc12. The van der Waals surface area contributed by atoms with Crippen LogP contribution >= 0.6 is 23.4 Å². The molecule has 5 aromatic rings. The van der Waals surface area contributed by atoms with Gasteiger partial charge < -0.3 is 5.21 Å². The summed E-state index contributed by atoms with van der Waals surface area (Å²) in [6, 6.07) is 27.2. The second kappa shape index (κ2) is 10.8. The summed E-state index contributed by atoms with van der Waals surface area (Å²) in [4.78, 5) is 4.88. The molecule has 36 heavy (non-hydrogen) atoms. The lowest BCUT2D eigenvalue weighted by atomic mass is 10.0. The van der Waals surface area contributed by atoms with Crippen LogP contribution < -0.4 is 0 Å². The van der Waals surface area contributed by atoms with Crippen LogP contribution in [0.2, 0.25) is 5.02 Å². The van der Waals surface area contributed by atoms with Gasteiger partial charge in [0.1, 0.15) is 0 Å². The molecule has 0 unspecified atom stereocenters. The minimum absolute atomic E-state index is 0.433. The van der Waals surface area contributed by atoms with Crippen LogP contribution in [0.5, 0.6) is 0 Å². The van der Waals surface area contributed by atoms with E-state index < -0.39 is 0 Å². The molecule has 2 heterocycles. The van der Waals surface area contributed by atoms with E-state index in [-0.39, 0.29) is 0 Å². The quantitative estimate of drug-likeness (QED) is 0.0800. The van der Waals surface area contributed by atoms with E-state index in [0.717, 1.165) is 33.3 Å². The third-order valence-corrected chi connectivity index (χ3v) is 6.92. The monoisotopic (exact) mass is 511 g/mol. The van der Waals surface area contributed by atoms with Gasteiger partial charge in [-0.1, -0.05) is 95.3 Å². The molecule has 0 radical (unpaired) electrons. The molecule has 5 rings (SSSR count). The Balaban J connectivity index is 1.56. The minimum atomic E-state index is 0.433. The van der Waals surface area contributed by atoms with Gasteiger partial charge in [-0.2, -0.15) is 0 Å². The van der Waals surface area contributed by atoms with Crippen molar-refractivity contribution in [3.8, 4) is 22.6 Å². The molecular formula is C28H22ClN5OS. The van der Waals surface area contributed by atoms with Gasteiger partial charge in [-0.3, -0.25) is 4.57 Å². The Morgan fingerprint density at radius 3 is 2.50 bits per heavy atom. The van der Waals surface area contributed by atoms with Crippen molar-refractivity contribution in [2.75, 3.05) is 5.75 Å². The van der Waals surface area contributed by atoms with Gasteiger partial charge in [0.2, 0.25) is 0 Å². The fraction of sp³-hybridized carbons (Fsp3) is 0.0714. The summed E-state index contributed by atoms with van der Waals surface area (Å²) in [6.45, 7) is 4.45. The molecular weight excluding hydrogens is 490 g/mol. The largest absolute Gasteiger partial charge is 0.411 e. The van der Waals surface area contributed by atoms with Gasteiger partial charge in [0.25, 0.3) is 0 Å². The van der Waals surface area contributed by atoms with Crippen molar-refractivity contribution >= 4 is 40.0 Å². The third kappa shape index (κ3) is 4.89. The molecule has 0 spiro atoms.